The van der Waals surface area contributed by atoms with Crippen LogP contribution in [0.15, 0.2) is 58.4 Å². The molecule has 0 saturated carbocycles. The number of aliphatic hydroxyl groups is 1. The number of carbonyl (C=O) groups is 1. The summed E-state index contributed by atoms with van der Waals surface area (Å²) in [5.74, 6) is -0.746. The maximum atomic E-state index is 14.1. The highest BCUT2D eigenvalue weighted by molar-refractivity contribution is 7.89. The van der Waals surface area contributed by atoms with Crippen molar-refractivity contribution in [1.82, 2.24) is 14.6 Å². The van der Waals surface area contributed by atoms with Crippen LogP contribution >= 0.6 is 0 Å². The van der Waals surface area contributed by atoms with Crippen LogP contribution in [0.4, 0.5) is 18.0 Å². The number of aliphatic imine (C=N–C) groups is 1. The first-order valence-electron chi connectivity index (χ1n) is 15.5. The molecule has 0 aliphatic carbocycles. The number of aromatic amines is 1. The van der Waals surface area contributed by atoms with Crippen molar-refractivity contribution in [2.24, 2.45) is 16.8 Å². The molecule has 2 fully saturated rings. The number of aliphatic hydroxyl groups excluding tert-OH is 1. The van der Waals surface area contributed by atoms with E-state index in [1.807, 2.05) is 18.2 Å². The Bertz CT molecular complexity index is 1700. The Morgan fingerprint density at radius 3 is 2.65 bits per heavy atom. The third-order valence-electron chi connectivity index (χ3n) is 8.19. The summed E-state index contributed by atoms with van der Waals surface area (Å²) in [5, 5.41) is 24.7. The number of ether oxygens (including phenoxy) is 3. The van der Waals surface area contributed by atoms with E-state index in [1.54, 1.807) is 26.0 Å². The first-order chi connectivity index (χ1) is 22.7. The Labute approximate surface area is 275 Å². The van der Waals surface area contributed by atoms with Crippen LogP contribution in [0.25, 0.3) is 10.9 Å². The standard InChI is InChI=1S/C32H39F3N4O8S/c1-19(2)15-39(48(43,44)21-8-9-25-23(13-21)24(29(41)37-25)14-36-18-32(33,34)35)16-27(40)26(12-20-6-4-3-5-7-20)38-31(42)47-28-17-46-30-22(28)10-11-45-30/h3-9,13-14,19,22,26-28,30,37,40-41H,10-12,15-18H2,1-2H3,(H,38,42). The summed E-state index contributed by atoms with van der Waals surface area (Å²) >= 11 is 0. The molecule has 5 unspecified atom stereocenters. The minimum absolute atomic E-state index is 0.000695. The number of sulfonamides is 1. The molecule has 5 rings (SSSR count). The zero-order chi connectivity index (χ0) is 34.6. The zero-order valence-corrected chi connectivity index (χ0v) is 27.2. The van der Waals surface area contributed by atoms with Gasteiger partial charge in [-0.3, -0.25) is 4.99 Å². The minimum atomic E-state index is -4.56. The monoisotopic (exact) mass is 696 g/mol. The molecule has 0 spiro atoms. The van der Waals surface area contributed by atoms with E-state index >= 15 is 0 Å². The highest BCUT2D eigenvalue weighted by atomic mass is 32.2. The van der Waals surface area contributed by atoms with Gasteiger partial charge in [0.05, 0.1) is 41.7 Å². The first-order valence-corrected chi connectivity index (χ1v) is 17.0. The fourth-order valence-corrected chi connectivity index (χ4v) is 7.54. The average Bonchev–Trinajstić information content (AvgIpc) is 3.72. The van der Waals surface area contributed by atoms with E-state index in [0.717, 1.165) is 16.1 Å². The second-order valence-electron chi connectivity index (χ2n) is 12.4. The summed E-state index contributed by atoms with van der Waals surface area (Å²) in [6.07, 6.45) is -6.02. The number of carbonyl (C=O) groups excluding carboxylic acids is 1. The van der Waals surface area contributed by atoms with Gasteiger partial charge in [-0.15, -0.1) is 0 Å². The van der Waals surface area contributed by atoms with Crippen LogP contribution in [0.5, 0.6) is 5.88 Å². The topological polar surface area (TPSA) is 163 Å². The summed E-state index contributed by atoms with van der Waals surface area (Å²) < 4.78 is 84.0. The van der Waals surface area contributed by atoms with E-state index in [-0.39, 0.29) is 52.8 Å². The number of hydrogen-bond acceptors (Lipinski definition) is 9. The molecule has 1 amide bonds. The molecule has 2 aliphatic heterocycles. The number of nitrogens with one attached hydrogen (secondary N) is 2. The van der Waals surface area contributed by atoms with Crippen molar-refractivity contribution >= 4 is 33.2 Å². The Kier molecular flexibility index (Phi) is 11.0. The number of hydrogen-bond donors (Lipinski definition) is 4. The lowest BCUT2D eigenvalue weighted by Crippen LogP contribution is -2.51. The molecule has 2 aromatic carbocycles. The summed E-state index contributed by atoms with van der Waals surface area (Å²) in [7, 11) is -4.32. The fourth-order valence-electron chi connectivity index (χ4n) is 5.89. The molecule has 12 nitrogen and oxygen atoms in total. The summed E-state index contributed by atoms with van der Waals surface area (Å²) in [6.45, 7) is 2.40. The van der Waals surface area contributed by atoms with Gasteiger partial charge in [0, 0.05) is 30.2 Å². The lowest BCUT2D eigenvalue weighted by Gasteiger charge is -2.31. The zero-order valence-electron chi connectivity index (χ0n) is 26.4. The molecule has 1 aromatic heterocycles. The van der Waals surface area contributed by atoms with Crippen LogP contribution < -0.4 is 5.32 Å². The number of aromatic nitrogens is 1. The minimum Gasteiger partial charge on any atom is -0.494 e. The van der Waals surface area contributed by atoms with Gasteiger partial charge in [-0.05, 0) is 42.5 Å². The number of nitrogens with zero attached hydrogens (tertiary/aromatic N) is 2. The maximum Gasteiger partial charge on any atom is 0.407 e. The number of halogens is 3. The second kappa shape index (κ2) is 14.8. The van der Waals surface area contributed by atoms with E-state index in [2.05, 4.69) is 15.3 Å². The van der Waals surface area contributed by atoms with Gasteiger partial charge in [-0.2, -0.15) is 17.5 Å². The van der Waals surface area contributed by atoms with Gasteiger partial charge < -0.3 is 34.7 Å². The molecule has 0 radical (unpaired) electrons. The lowest BCUT2D eigenvalue weighted by atomic mass is 10.0. The molecule has 48 heavy (non-hydrogen) atoms. The Morgan fingerprint density at radius 1 is 1.19 bits per heavy atom. The molecule has 4 N–H and O–H groups in total. The quantitative estimate of drug-likeness (QED) is 0.195. The highest BCUT2D eigenvalue weighted by Crippen LogP contribution is 2.33. The van der Waals surface area contributed by atoms with Gasteiger partial charge >= 0.3 is 12.3 Å². The van der Waals surface area contributed by atoms with E-state index in [0.29, 0.717) is 13.0 Å². The van der Waals surface area contributed by atoms with Crippen LogP contribution in [-0.2, 0) is 30.7 Å². The average molecular weight is 697 g/mol. The number of rotatable bonds is 13. The van der Waals surface area contributed by atoms with Gasteiger partial charge in [0.25, 0.3) is 0 Å². The van der Waals surface area contributed by atoms with E-state index in [4.69, 9.17) is 14.2 Å². The number of aromatic hydroxyl groups is 1. The number of alkyl halides is 3. The molecule has 3 heterocycles. The Balaban J connectivity index is 1.38. The SMILES string of the molecule is CC(C)CN(CC(O)C(Cc1ccccc1)NC(=O)OC1COC2OCCC12)S(=O)(=O)c1ccc2[nH]c(O)c(C=NCC(F)(F)F)c2c1. The molecule has 3 aromatic rings. The normalized spacial score (nSPS) is 21.3. The Morgan fingerprint density at radius 2 is 1.94 bits per heavy atom. The van der Waals surface area contributed by atoms with Crippen LogP contribution in [0.1, 0.15) is 31.4 Å². The van der Waals surface area contributed by atoms with Crippen molar-refractivity contribution in [3.63, 3.8) is 0 Å². The molecular formula is C32H39F3N4O8S. The Hall–Kier alpha value is -3.70. The van der Waals surface area contributed by atoms with Crippen LogP contribution in [-0.4, -0.2) is 104 Å². The smallest absolute Gasteiger partial charge is 0.407 e. The van der Waals surface area contributed by atoms with E-state index in [9.17, 15) is 36.6 Å². The number of H-pyrrole nitrogens is 1. The van der Waals surface area contributed by atoms with Gasteiger partial charge in [-0.1, -0.05) is 44.2 Å². The van der Waals surface area contributed by atoms with Crippen LogP contribution in [0.3, 0.4) is 0 Å². The molecule has 5 atom stereocenters. The molecule has 262 valence electrons. The van der Waals surface area contributed by atoms with Gasteiger partial charge in [0.2, 0.25) is 10.0 Å². The fraction of sp³-hybridized carbons (Fsp3) is 0.500. The van der Waals surface area contributed by atoms with Gasteiger partial charge in [0.1, 0.15) is 12.6 Å². The van der Waals surface area contributed by atoms with Crippen molar-refractivity contribution in [1.29, 1.82) is 0 Å². The molecule has 0 bridgehead atoms. The number of fused-ring (bicyclic) bond motifs is 2. The van der Waals surface area contributed by atoms with Crippen LogP contribution in [0, 0.1) is 11.8 Å². The molecular weight excluding hydrogens is 657 g/mol. The van der Waals surface area contributed by atoms with Crippen LogP contribution in [0.2, 0.25) is 0 Å². The highest BCUT2D eigenvalue weighted by Gasteiger charge is 2.44. The van der Waals surface area contributed by atoms with Gasteiger partial charge in [0.15, 0.2) is 12.2 Å². The predicted molar refractivity (Wildman–Crippen MR) is 169 cm³/mol. The molecule has 2 aliphatic rings. The first kappa shape index (κ1) is 35.6. The van der Waals surface area contributed by atoms with Crippen molar-refractivity contribution in [3.8, 4) is 5.88 Å². The van der Waals surface area contributed by atoms with Crippen molar-refractivity contribution in [3.05, 3.63) is 59.7 Å². The van der Waals surface area contributed by atoms with Crippen molar-refractivity contribution < 1.29 is 50.8 Å². The summed E-state index contributed by atoms with van der Waals surface area (Å²) in [4.78, 5) is 18.8. The molecule has 16 heteroatoms. The lowest BCUT2D eigenvalue weighted by molar-refractivity contribution is -0.118. The van der Waals surface area contributed by atoms with E-state index < -0.39 is 65.8 Å². The van der Waals surface area contributed by atoms with Gasteiger partial charge in [-0.25, -0.2) is 13.2 Å². The summed E-state index contributed by atoms with van der Waals surface area (Å²) in [5.41, 5.74) is 0.964. The number of alkyl carbamates (subject to hydrolysis) is 1. The second-order valence-corrected chi connectivity index (χ2v) is 14.3. The predicted octanol–water partition coefficient (Wildman–Crippen LogP) is 3.96. The third-order valence-corrected chi connectivity index (χ3v) is 10.0. The third kappa shape index (κ3) is 8.66. The number of amides is 1. The molecule has 2 saturated heterocycles. The number of benzene rings is 2. The van der Waals surface area contributed by atoms with E-state index in [1.165, 1.54) is 18.2 Å². The van der Waals surface area contributed by atoms with Crippen molar-refractivity contribution in [2.45, 2.75) is 62.3 Å². The van der Waals surface area contributed by atoms with Crippen molar-refractivity contribution in [2.75, 3.05) is 32.8 Å². The summed E-state index contributed by atoms with van der Waals surface area (Å²) in [6, 6.07) is 12.0. The maximum absolute atomic E-state index is 14.1. The largest absolute Gasteiger partial charge is 0.494 e.